The second-order valence-corrected chi connectivity index (χ2v) is 7.78. The third-order valence-corrected chi connectivity index (χ3v) is 5.83. The molecule has 4 N–H and O–H groups in total. The zero-order valence-electron chi connectivity index (χ0n) is 18.1. The molecule has 5 nitrogen and oxygen atoms in total. The minimum absolute atomic E-state index is 0.817. The number of rotatable bonds is 6. The maximum atomic E-state index is 4.18. The molecule has 3 aromatic rings. The summed E-state index contributed by atoms with van der Waals surface area (Å²) < 4.78 is 0. The van der Waals surface area contributed by atoms with Crippen LogP contribution >= 0.6 is 0 Å². The Morgan fingerprint density at radius 3 is 2.94 bits per heavy atom. The molecule has 0 saturated carbocycles. The number of piperazine rings is 1. The van der Waals surface area contributed by atoms with E-state index in [0.717, 1.165) is 77.0 Å². The van der Waals surface area contributed by atoms with Gasteiger partial charge in [-0.15, -0.1) is 11.5 Å². The van der Waals surface area contributed by atoms with Crippen molar-refractivity contribution in [2.75, 3.05) is 32.7 Å². The molecular weight excluding hydrogens is 382 g/mol. The van der Waals surface area contributed by atoms with Gasteiger partial charge in [-0.05, 0) is 24.6 Å². The van der Waals surface area contributed by atoms with Crippen LogP contribution in [0.4, 0.5) is 0 Å². The molecule has 2 aromatic heterocycles. The molecule has 1 saturated heterocycles. The van der Waals surface area contributed by atoms with Crippen molar-refractivity contribution in [3.63, 3.8) is 0 Å². The number of nitrogens with zero attached hydrogens (tertiary/aromatic N) is 1. The highest BCUT2D eigenvalue weighted by Crippen LogP contribution is 2.20. The number of H-pyrrole nitrogens is 2. The Labute approximate surface area is 182 Å². The Balaban J connectivity index is 1.51. The Bertz CT molecular complexity index is 1310. The molecule has 31 heavy (non-hydrogen) atoms. The highest BCUT2D eigenvalue weighted by molar-refractivity contribution is 5.82. The van der Waals surface area contributed by atoms with E-state index in [2.05, 4.69) is 87.9 Å². The molecule has 0 amide bonds. The molecule has 3 heterocycles. The van der Waals surface area contributed by atoms with Crippen LogP contribution < -0.4 is 21.2 Å². The molecule has 0 bridgehead atoms. The molecule has 5 heteroatoms. The van der Waals surface area contributed by atoms with E-state index in [1.165, 1.54) is 5.39 Å². The fraction of sp³-hybridized carbons (Fsp3) is 0.231. The van der Waals surface area contributed by atoms with Crippen LogP contribution in [0.2, 0.25) is 0 Å². The molecule has 1 aromatic carbocycles. The van der Waals surface area contributed by atoms with Gasteiger partial charge < -0.3 is 20.6 Å². The first-order chi connectivity index (χ1) is 15.1. The van der Waals surface area contributed by atoms with Gasteiger partial charge in [0.1, 0.15) is 0 Å². The molecular formula is C26H29N5. The number of hydrogen-bond donors (Lipinski definition) is 4. The minimum atomic E-state index is 0.817. The highest BCUT2D eigenvalue weighted by atomic mass is 15.2. The third-order valence-electron chi connectivity index (χ3n) is 5.83. The van der Waals surface area contributed by atoms with Crippen LogP contribution in [0.1, 0.15) is 16.8 Å². The quantitative estimate of drug-likeness (QED) is 0.471. The van der Waals surface area contributed by atoms with Gasteiger partial charge in [-0.2, -0.15) is 0 Å². The topological polar surface area (TPSA) is 58.9 Å². The standard InChI is InChI=1S/C26H29N5/c1-5-20-17-31(13-11-27-20)14-12-28-24(6-2)23-16-29-26(18(23)3)15-22-19(4)30-25-10-8-7-9-21(22)25/h7-10,15-16,27-30H,1-2,4,11-14,17H2,3H3/b22-15+. The Morgan fingerprint density at radius 2 is 2.13 bits per heavy atom. The predicted octanol–water partition coefficient (Wildman–Crippen LogP) is 2.33. The van der Waals surface area contributed by atoms with E-state index in [-0.39, 0.29) is 0 Å². The summed E-state index contributed by atoms with van der Waals surface area (Å²) in [4.78, 5) is 9.15. The van der Waals surface area contributed by atoms with Crippen molar-refractivity contribution in [1.82, 2.24) is 25.5 Å². The Hall–Kier alpha value is -3.62. The molecule has 1 aliphatic rings. The Morgan fingerprint density at radius 1 is 1.29 bits per heavy atom. The van der Waals surface area contributed by atoms with Gasteiger partial charge in [-0.3, -0.25) is 4.90 Å². The summed E-state index contributed by atoms with van der Waals surface area (Å²) in [6.45, 7) is 18.5. The summed E-state index contributed by atoms with van der Waals surface area (Å²) in [5.41, 5.74) is 12.4. The summed E-state index contributed by atoms with van der Waals surface area (Å²) in [6, 6.07) is 8.27. The summed E-state index contributed by atoms with van der Waals surface area (Å²) in [5.74, 6) is 0. The fourth-order valence-corrected chi connectivity index (χ4v) is 4.07. The lowest BCUT2D eigenvalue weighted by atomic mass is 10.1. The molecule has 1 aliphatic heterocycles. The van der Waals surface area contributed by atoms with Crippen molar-refractivity contribution in [2.45, 2.75) is 6.92 Å². The van der Waals surface area contributed by atoms with Crippen LogP contribution in [-0.2, 0) is 0 Å². The van der Waals surface area contributed by atoms with E-state index in [9.17, 15) is 0 Å². The van der Waals surface area contributed by atoms with Gasteiger partial charge in [0.2, 0.25) is 0 Å². The number of benzene rings is 1. The van der Waals surface area contributed by atoms with E-state index < -0.39 is 0 Å². The second-order valence-electron chi connectivity index (χ2n) is 7.78. The molecule has 0 atom stereocenters. The van der Waals surface area contributed by atoms with Crippen LogP contribution in [0.3, 0.4) is 0 Å². The SMILES string of the molecule is C=C=C1CN(CCNC(=C=C)c2c[nH]c(/C=c3\c(=C)[nH]c4ccccc34)c2C)CCN1. The summed E-state index contributed by atoms with van der Waals surface area (Å²) in [6.07, 6.45) is 4.17. The van der Waals surface area contributed by atoms with E-state index in [0.29, 0.717) is 0 Å². The van der Waals surface area contributed by atoms with Gasteiger partial charge in [0.05, 0.1) is 11.4 Å². The number of fused-ring (bicyclic) bond motifs is 1. The Kier molecular flexibility index (Phi) is 6.01. The average Bonchev–Trinajstić information content (AvgIpc) is 3.31. The van der Waals surface area contributed by atoms with Crippen molar-refractivity contribution in [3.05, 3.63) is 88.2 Å². The first-order valence-electron chi connectivity index (χ1n) is 10.6. The smallest absolute Gasteiger partial charge is 0.0860 e. The number of hydrogen-bond acceptors (Lipinski definition) is 3. The van der Waals surface area contributed by atoms with E-state index >= 15 is 0 Å². The van der Waals surface area contributed by atoms with E-state index in [4.69, 9.17) is 0 Å². The summed E-state index contributed by atoms with van der Waals surface area (Å²) in [5, 5.41) is 10.0. The summed E-state index contributed by atoms with van der Waals surface area (Å²) >= 11 is 0. The van der Waals surface area contributed by atoms with Crippen molar-refractivity contribution in [3.8, 4) is 0 Å². The zero-order valence-corrected chi connectivity index (χ0v) is 18.1. The van der Waals surface area contributed by atoms with Crippen LogP contribution in [0.5, 0.6) is 0 Å². The number of aromatic amines is 2. The molecule has 4 rings (SSSR count). The molecule has 0 radical (unpaired) electrons. The van der Waals surface area contributed by atoms with Crippen LogP contribution in [0.25, 0.3) is 29.3 Å². The lowest BCUT2D eigenvalue weighted by Crippen LogP contribution is -2.44. The normalized spacial score (nSPS) is 14.9. The molecule has 0 unspecified atom stereocenters. The molecule has 1 fully saturated rings. The molecule has 0 aliphatic carbocycles. The first kappa shape index (κ1) is 20.6. The fourth-order valence-electron chi connectivity index (χ4n) is 4.07. The largest absolute Gasteiger partial charge is 0.380 e. The molecule has 158 valence electrons. The van der Waals surface area contributed by atoms with E-state index in [1.54, 1.807) is 0 Å². The first-order valence-corrected chi connectivity index (χ1v) is 10.6. The van der Waals surface area contributed by atoms with Gasteiger partial charge in [0.15, 0.2) is 0 Å². The number of nitrogens with one attached hydrogen (secondary N) is 4. The van der Waals surface area contributed by atoms with Crippen molar-refractivity contribution in [2.24, 2.45) is 0 Å². The maximum absolute atomic E-state index is 4.18. The predicted molar refractivity (Wildman–Crippen MR) is 130 cm³/mol. The highest BCUT2D eigenvalue weighted by Gasteiger charge is 2.14. The third kappa shape index (κ3) is 4.30. The van der Waals surface area contributed by atoms with Gasteiger partial charge in [0.25, 0.3) is 0 Å². The minimum Gasteiger partial charge on any atom is -0.380 e. The van der Waals surface area contributed by atoms with Crippen molar-refractivity contribution in [1.29, 1.82) is 0 Å². The van der Waals surface area contributed by atoms with Crippen LogP contribution in [0, 0.1) is 6.92 Å². The second kappa shape index (κ2) is 9.03. The van der Waals surface area contributed by atoms with Crippen LogP contribution in [0.15, 0.2) is 60.8 Å². The van der Waals surface area contributed by atoms with Crippen LogP contribution in [-0.4, -0.2) is 47.6 Å². The lowest BCUT2D eigenvalue weighted by Gasteiger charge is -2.28. The average molecular weight is 412 g/mol. The van der Waals surface area contributed by atoms with Crippen molar-refractivity contribution < 1.29 is 0 Å². The number of para-hydroxylation sites is 1. The number of aromatic nitrogens is 2. The summed E-state index contributed by atoms with van der Waals surface area (Å²) in [7, 11) is 0. The van der Waals surface area contributed by atoms with Crippen molar-refractivity contribution >= 4 is 29.3 Å². The van der Waals surface area contributed by atoms with E-state index in [1.807, 2.05) is 12.3 Å². The molecule has 0 spiro atoms. The maximum Gasteiger partial charge on any atom is 0.0860 e. The van der Waals surface area contributed by atoms with Gasteiger partial charge >= 0.3 is 0 Å². The van der Waals surface area contributed by atoms with Gasteiger partial charge in [-0.25, -0.2) is 0 Å². The lowest BCUT2D eigenvalue weighted by molar-refractivity contribution is 0.270. The monoisotopic (exact) mass is 411 g/mol. The van der Waals surface area contributed by atoms with Gasteiger partial charge in [-0.1, -0.05) is 37.9 Å². The van der Waals surface area contributed by atoms with Gasteiger partial charge in [0, 0.05) is 71.6 Å². The zero-order chi connectivity index (χ0) is 21.8.